The first kappa shape index (κ1) is 14.2. The third-order valence-electron chi connectivity index (χ3n) is 3.26. The summed E-state index contributed by atoms with van der Waals surface area (Å²) in [6.07, 6.45) is -5.10. The monoisotopic (exact) mass is 318 g/mol. The molecule has 0 saturated carbocycles. The maximum absolute atomic E-state index is 12.0. The predicted octanol–water partition coefficient (Wildman–Crippen LogP) is -2.41. The van der Waals surface area contributed by atoms with E-state index in [0.29, 0.717) is 11.3 Å². The number of nitrogens with one attached hydrogen (secondary N) is 1. The van der Waals surface area contributed by atoms with Gasteiger partial charge >= 0.3 is 4.87 Å². The molecule has 1 aliphatic rings. The predicted molar refractivity (Wildman–Crippen MR) is 74.0 cm³/mol. The first-order valence-corrected chi connectivity index (χ1v) is 6.79. The molecule has 0 aliphatic carbocycles. The number of rotatable bonds is 2. The van der Waals surface area contributed by atoms with E-state index in [2.05, 4.69) is 9.97 Å². The van der Waals surface area contributed by atoms with Crippen LogP contribution in [0, 0.1) is 0 Å². The number of nitrogens with zero attached hydrogens (tertiary/aromatic N) is 2. The summed E-state index contributed by atoms with van der Waals surface area (Å²) in [7, 11) is 0. The standard InChI is InChI=1S/C10H12N4O6S.H2/c11-9-12-6-5(7(18)13-9)21-10(19)14(6)8-4(17)3(16)2(1-15)20-8;/h2-4,8,15-17H,1H2,(H3,11,12,13,18);1H/t2-,3-,4-,8?;/m1./s1. The van der Waals surface area contributed by atoms with E-state index in [9.17, 15) is 19.8 Å². The van der Waals surface area contributed by atoms with Crippen molar-refractivity contribution >= 4 is 27.6 Å². The number of anilines is 1. The Morgan fingerprint density at radius 2 is 2.14 bits per heavy atom. The summed E-state index contributed by atoms with van der Waals surface area (Å²) in [5.74, 6) is -0.189. The first-order chi connectivity index (χ1) is 9.93. The lowest BCUT2D eigenvalue weighted by molar-refractivity contribution is -0.0518. The number of aromatic amines is 1. The van der Waals surface area contributed by atoms with Crippen LogP contribution in [0.2, 0.25) is 0 Å². The van der Waals surface area contributed by atoms with Crippen molar-refractivity contribution in [1.82, 2.24) is 14.5 Å². The molecule has 1 saturated heterocycles. The number of aliphatic hydroxyl groups excluding tert-OH is 3. The van der Waals surface area contributed by atoms with Crippen molar-refractivity contribution < 1.29 is 21.5 Å². The average Bonchev–Trinajstić information content (AvgIpc) is 2.89. The molecule has 0 aromatic carbocycles. The van der Waals surface area contributed by atoms with Gasteiger partial charge in [-0.3, -0.25) is 19.1 Å². The molecule has 0 radical (unpaired) electrons. The van der Waals surface area contributed by atoms with Crippen molar-refractivity contribution in [2.24, 2.45) is 0 Å². The molecule has 4 atom stereocenters. The van der Waals surface area contributed by atoms with Gasteiger partial charge in [0.15, 0.2) is 11.9 Å². The van der Waals surface area contributed by atoms with Gasteiger partial charge in [0, 0.05) is 1.43 Å². The third kappa shape index (κ3) is 2.06. The van der Waals surface area contributed by atoms with Gasteiger partial charge in [-0.05, 0) is 0 Å². The lowest BCUT2D eigenvalue weighted by atomic mass is 10.1. The van der Waals surface area contributed by atoms with Crippen LogP contribution in [0.1, 0.15) is 7.65 Å². The number of thiazole rings is 1. The number of hydrogen-bond acceptors (Lipinski definition) is 9. The lowest BCUT2D eigenvalue weighted by Gasteiger charge is -2.15. The highest BCUT2D eigenvalue weighted by molar-refractivity contribution is 7.16. The minimum atomic E-state index is -1.44. The molecule has 2 aromatic rings. The van der Waals surface area contributed by atoms with Crippen molar-refractivity contribution in [3.63, 3.8) is 0 Å². The fourth-order valence-electron chi connectivity index (χ4n) is 2.26. The van der Waals surface area contributed by atoms with Gasteiger partial charge in [0.2, 0.25) is 5.95 Å². The Balaban J connectivity index is 0.00000176. The maximum Gasteiger partial charge on any atom is 0.311 e. The van der Waals surface area contributed by atoms with Gasteiger partial charge in [-0.15, -0.1) is 0 Å². The SMILES string of the molecule is Nc1nc2c(sc(=O)n2C2O[C@H](CO)[C@@H](O)[C@H]2O)c(=O)[nH]1.[HH]. The number of hydrogen-bond donors (Lipinski definition) is 5. The van der Waals surface area contributed by atoms with E-state index >= 15 is 0 Å². The molecule has 6 N–H and O–H groups in total. The summed E-state index contributed by atoms with van der Waals surface area (Å²) >= 11 is 0.623. The summed E-state index contributed by atoms with van der Waals surface area (Å²) in [5, 5.41) is 28.8. The number of nitrogens with two attached hydrogens (primary N) is 1. The first-order valence-electron chi connectivity index (χ1n) is 5.97. The topological polar surface area (TPSA) is 164 Å². The number of ether oxygens (including phenoxy) is 1. The van der Waals surface area contributed by atoms with E-state index < -0.39 is 41.6 Å². The van der Waals surface area contributed by atoms with Gasteiger partial charge in [0.25, 0.3) is 5.56 Å². The number of nitrogen functional groups attached to an aromatic ring is 1. The molecular formula is C10H14N4O6S. The van der Waals surface area contributed by atoms with E-state index in [1.54, 1.807) is 0 Å². The van der Waals surface area contributed by atoms with Crippen molar-refractivity contribution in [2.75, 3.05) is 12.3 Å². The quantitative estimate of drug-likeness (QED) is 0.408. The fraction of sp³-hybridized carbons (Fsp3) is 0.500. The molecule has 1 unspecified atom stereocenters. The summed E-state index contributed by atoms with van der Waals surface area (Å²) in [5.41, 5.74) is 4.83. The van der Waals surface area contributed by atoms with Crippen molar-refractivity contribution in [2.45, 2.75) is 24.5 Å². The molecule has 10 nitrogen and oxygen atoms in total. The second-order valence-electron chi connectivity index (χ2n) is 4.57. The van der Waals surface area contributed by atoms with Gasteiger partial charge in [-0.25, -0.2) is 0 Å². The van der Waals surface area contributed by atoms with Crippen LogP contribution in [0.15, 0.2) is 9.59 Å². The van der Waals surface area contributed by atoms with Gasteiger partial charge in [-0.2, -0.15) is 4.98 Å². The lowest BCUT2D eigenvalue weighted by Crippen LogP contribution is -2.34. The molecule has 1 fully saturated rings. The second kappa shape index (κ2) is 4.89. The number of H-pyrrole nitrogens is 1. The Bertz CT molecular complexity index is 803. The average molecular weight is 318 g/mol. The minimum Gasteiger partial charge on any atom is -0.394 e. The highest BCUT2D eigenvalue weighted by atomic mass is 32.1. The van der Waals surface area contributed by atoms with E-state index in [1.165, 1.54) is 0 Å². The Kier molecular flexibility index (Phi) is 3.30. The van der Waals surface area contributed by atoms with Crippen LogP contribution < -0.4 is 16.2 Å². The minimum absolute atomic E-state index is 0. The van der Waals surface area contributed by atoms with Crippen LogP contribution in [0.3, 0.4) is 0 Å². The molecule has 0 bridgehead atoms. The number of fused-ring (bicyclic) bond motifs is 1. The normalized spacial score (nSPS) is 29.3. The summed E-state index contributed by atoms with van der Waals surface area (Å²) < 4.78 is 6.26. The van der Waals surface area contributed by atoms with Crippen LogP contribution >= 0.6 is 11.3 Å². The molecule has 0 amide bonds. The zero-order valence-electron chi connectivity index (χ0n) is 10.5. The highest BCUT2D eigenvalue weighted by Crippen LogP contribution is 2.30. The Morgan fingerprint density at radius 3 is 2.76 bits per heavy atom. The molecule has 21 heavy (non-hydrogen) atoms. The van der Waals surface area contributed by atoms with E-state index in [-0.39, 0.29) is 17.7 Å². The molecule has 0 spiro atoms. The zero-order valence-corrected chi connectivity index (χ0v) is 11.3. The van der Waals surface area contributed by atoms with Gasteiger partial charge < -0.3 is 25.8 Å². The van der Waals surface area contributed by atoms with E-state index in [1.807, 2.05) is 0 Å². The Hall–Kier alpha value is -1.79. The van der Waals surface area contributed by atoms with Crippen LogP contribution in [-0.4, -0.2) is 54.8 Å². The van der Waals surface area contributed by atoms with Crippen molar-refractivity contribution in [1.29, 1.82) is 0 Å². The maximum atomic E-state index is 12.0. The summed E-state index contributed by atoms with van der Waals surface area (Å²) in [6, 6.07) is 0. The Labute approximate surface area is 121 Å². The molecule has 11 heteroatoms. The highest BCUT2D eigenvalue weighted by Gasteiger charge is 2.44. The van der Waals surface area contributed by atoms with Gasteiger partial charge in [0.05, 0.1) is 6.61 Å². The summed E-state index contributed by atoms with van der Waals surface area (Å²) in [4.78, 5) is 29.3. The molecule has 1 aliphatic heterocycles. The van der Waals surface area contributed by atoms with Gasteiger partial charge in [-0.1, -0.05) is 11.3 Å². The van der Waals surface area contributed by atoms with E-state index in [4.69, 9.17) is 15.6 Å². The van der Waals surface area contributed by atoms with Crippen LogP contribution in [0.5, 0.6) is 0 Å². The van der Waals surface area contributed by atoms with Crippen molar-refractivity contribution in [3.8, 4) is 0 Å². The zero-order chi connectivity index (χ0) is 15.3. The molecular weight excluding hydrogens is 304 g/mol. The number of aromatic nitrogens is 3. The molecule has 3 rings (SSSR count). The third-order valence-corrected chi connectivity index (χ3v) is 4.21. The van der Waals surface area contributed by atoms with Gasteiger partial charge in [0.1, 0.15) is 23.0 Å². The Morgan fingerprint density at radius 1 is 1.43 bits per heavy atom. The van der Waals surface area contributed by atoms with Crippen LogP contribution in [-0.2, 0) is 4.74 Å². The summed E-state index contributed by atoms with van der Waals surface area (Å²) in [6.45, 7) is -0.526. The second-order valence-corrected chi connectivity index (χ2v) is 5.53. The molecule has 116 valence electrons. The fourth-order valence-corrected chi connectivity index (χ4v) is 3.11. The smallest absolute Gasteiger partial charge is 0.311 e. The molecule has 2 aromatic heterocycles. The van der Waals surface area contributed by atoms with E-state index in [0.717, 1.165) is 4.57 Å². The van der Waals surface area contributed by atoms with Crippen LogP contribution in [0.25, 0.3) is 10.3 Å². The van der Waals surface area contributed by atoms with Crippen LogP contribution in [0.4, 0.5) is 5.95 Å². The van der Waals surface area contributed by atoms with Crippen molar-refractivity contribution in [3.05, 3.63) is 20.0 Å². The molecule has 3 heterocycles. The largest absolute Gasteiger partial charge is 0.394 e. The number of aliphatic hydroxyl groups is 3.